The summed E-state index contributed by atoms with van der Waals surface area (Å²) in [4.78, 5) is 26.8. The summed E-state index contributed by atoms with van der Waals surface area (Å²) in [5.74, 6) is 0. The standard InChI is InChI=1S/C9H6N2O2.Pb.Sn.4H/c1-7-2-3-8(10-5-12)4-9(7)11-6-13;;;;;;/h2-4H,1H3;;;;;;. The second kappa shape index (κ2) is 8.97. The SMILES string of the molecule is Cc1ccc(N=C=O)cc1N=C=O.[Pb].[SnH4]. The van der Waals surface area contributed by atoms with Crippen molar-refractivity contribution in [2.24, 2.45) is 9.98 Å². The Morgan fingerprint density at radius 1 is 1.13 bits per heavy atom. The fourth-order valence-electron chi connectivity index (χ4n) is 0.890. The van der Waals surface area contributed by atoms with Crippen molar-refractivity contribution in [3.63, 3.8) is 0 Å². The van der Waals surface area contributed by atoms with Crippen molar-refractivity contribution >= 4 is 74.7 Å². The van der Waals surface area contributed by atoms with Gasteiger partial charge in [-0.3, -0.25) is 0 Å². The van der Waals surface area contributed by atoms with Crippen molar-refractivity contribution in [1.29, 1.82) is 0 Å². The fourth-order valence-corrected chi connectivity index (χ4v) is 0.890. The molecule has 0 aromatic heterocycles. The number of isocyanates is 2. The van der Waals surface area contributed by atoms with Crippen LogP contribution < -0.4 is 0 Å². The average Bonchev–Trinajstić information content (AvgIpc) is 2.12. The van der Waals surface area contributed by atoms with Gasteiger partial charge in [0.25, 0.3) is 0 Å². The van der Waals surface area contributed by atoms with Crippen LogP contribution in [0.2, 0.25) is 0 Å². The molecule has 15 heavy (non-hydrogen) atoms. The summed E-state index contributed by atoms with van der Waals surface area (Å²) in [7, 11) is 0. The van der Waals surface area contributed by atoms with Crippen molar-refractivity contribution in [2.45, 2.75) is 6.92 Å². The zero-order valence-corrected chi connectivity index (χ0v) is 11.3. The molecular formula is C9H10N2O2PbSn. The van der Waals surface area contributed by atoms with Gasteiger partial charge >= 0.3 is 23.9 Å². The number of aliphatic imine (C=N–C) groups is 2. The first-order chi connectivity index (χ1) is 6.27. The Kier molecular flexibility index (Phi) is 10.2. The van der Waals surface area contributed by atoms with Crippen molar-refractivity contribution in [2.75, 3.05) is 0 Å². The summed E-state index contributed by atoms with van der Waals surface area (Å²) in [6.45, 7) is 1.80. The van der Waals surface area contributed by atoms with Crippen LogP contribution in [0.3, 0.4) is 0 Å². The van der Waals surface area contributed by atoms with Gasteiger partial charge in [0, 0.05) is 27.3 Å². The van der Waals surface area contributed by atoms with Gasteiger partial charge in [-0.25, -0.2) is 9.59 Å². The van der Waals surface area contributed by atoms with Crippen LogP contribution in [0.25, 0.3) is 0 Å². The Labute approximate surface area is 124 Å². The molecule has 0 saturated carbocycles. The third-order valence-electron chi connectivity index (χ3n) is 1.53. The Balaban J connectivity index is 0. The first kappa shape index (κ1) is 17.1. The summed E-state index contributed by atoms with van der Waals surface area (Å²) >= 11 is 0. The van der Waals surface area contributed by atoms with E-state index < -0.39 is 0 Å². The second-order valence-corrected chi connectivity index (χ2v) is 2.38. The number of aryl methyl sites for hydroxylation is 1. The van der Waals surface area contributed by atoms with E-state index in [1.54, 1.807) is 19.1 Å². The molecule has 1 rings (SSSR count). The molecular weight excluding hydrogens is 494 g/mol. The Bertz CT molecular complexity index is 424. The maximum absolute atomic E-state index is 10.00. The Morgan fingerprint density at radius 2 is 1.73 bits per heavy atom. The van der Waals surface area contributed by atoms with Gasteiger partial charge < -0.3 is 0 Å². The molecule has 0 aliphatic rings. The van der Waals surface area contributed by atoms with Crippen molar-refractivity contribution in [1.82, 2.24) is 0 Å². The van der Waals surface area contributed by atoms with Crippen LogP contribution in [0.1, 0.15) is 5.56 Å². The average molecular weight is 504 g/mol. The normalized spacial score (nSPS) is 7.27. The number of hydrogen-bond donors (Lipinski definition) is 0. The van der Waals surface area contributed by atoms with Crippen molar-refractivity contribution in [3.05, 3.63) is 23.8 Å². The Hall–Kier alpha value is -0.299. The number of rotatable bonds is 2. The molecule has 0 N–H and O–H groups in total. The molecule has 0 aliphatic heterocycles. The van der Waals surface area contributed by atoms with E-state index in [0.717, 1.165) is 5.56 Å². The van der Waals surface area contributed by atoms with Crippen LogP contribution in [0.15, 0.2) is 28.2 Å². The van der Waals surface area contributed by atoms with Gasteiger partial charge in [0.05, 0.1) is 11.4 Å². The molecule has 0 fully saturated rings. The minimum absolute atomic E-state index is 0. The van der Waals surface area contributed by atoms with E-state index in [-0.39, 0.29) is 51.2 Å². The van der Waals surface area contributed by atoms with Crippen molar-refractivity contribution in [3.8, 4) is 0 Å². The van der Waals surface area contributed by atoms with E-state index in [1.165, 1.54) is 18.2 Å². The van der Waals surface area contributed by atoms with Gasteiger partial charge in [-0.2, -0.15) is 9.98 Å². The molecule has 6 heteroatoms. The van der Waals surface area contributed by atoms with Crippen LogP contribution in [0, 0.1) is 6.92 Å². The first-order valence-electron chi connectivity index (χ1n) is 3.54. The van der Waals surface area contributed by atoms with Gasteiger partial charge in [-0.05, 0) is 24.6 Å². The van der Waals surface area contributed by atoms with Crippen LogP contribution in [0.5, 0.6) is 0 Å². The van der Waals surface area contributed by atoms with Gasteiger partial charge in [-0.15, -0.1) is 0 Å². The molecule has 1 aromatic rings. The molecule has 0 saturated heterocycles. The molecule has 1 aromatic carbocycles. The number of nitrogens with zero attached hydrogens (tertiary/aromatic N) is 2. The van der Waals surface area contributed by atoms with Gasteiger partial charge in [0.15, 0.2) is 0 Å². The van der Waals surface area contributed by atoms with E-state index >= 15 is 0 Å². The van der Waals surface area contributed by atoms with Gasteiger partial charge in [0.1, 0.15) is 0 Å². The topological polar surface area (TPSA) is 58.9 Å². The maximum atomic E-state index is 10.00. The molecule has 0 heterocycles. The monoisotopic (exact) mass is 506 g/mol. The van der Waals surface area contributed by atoms with Crippen LogP contribution >= 0.6 is 0 Å². The van der Waals surface area contributed by atoms with Gasteiger partial charge in [-0.1, -0.05) is 6.07 Å². The van der Waals surface area contributed by atoms with E-state index in [9.17, 15) is 9.59 Å². The van der Waals surface area contributed by atoms with Gasteiger partial charge in [0.2, 0.25) is 12.2 Å². The molecule has 0 bridgehead atoms. The van der Waals surface area contributed by atoms with Crippen LogP contribution in [0.4, 0.5) is 11.4 Å². The van der Waals surface area contributed by atoms with Crippen LogP contribution in [-0.4, -0.2) is 63.4 Å². The third-order valence-corrected chi connectivity index (χ3v) is 1.53. The first-order valence-corrected chi connectivity index (χ1v) is 3.54. The predicted octanol–water partition coefficient (Wildman–Crippen LogP) is 0.0972. The number of carbonyl (C=O) groups excluding carboxylic acids is 2. The molecule has 0 atom stereocenters. The molecule has 0 amide bonds. The number of hydrogen-bond acceptors (Lipinski definition) is 4. The van der Waals surface area contributed by atoms with E-state index in [1.807, 2.05) is 0 Å². The Morgan fingerprint density at radius 3 is 2.27 bits per heavy atom. The molecule has 4 radical (unpaired) electrons. The van der Waals surface area contributed by atoms with E-state index in [2.05, 4.69) is 9.98 Å². The third kappa shape index (κ3) is 5.36. The zero-order chi connectivity index (χ0) is 9.68. The minimum atomic E-state index is 0. The summed E-state index contributed by atoms with van der Waals surface area (Å²) in [5, 5.41) is 0. The molecule has 0 unspecified atom stereocenters. The quantitative estimate of drug-likeness (QED) is 0.326. The van der Waals surface area contributed by atoms with Crippen molar-refractivity contribution < 1.29 is 9.59 Å². The summed E-state index contributed by atoms with van der Waals surface area (Å²) in [6.07, 6.45) is 2.84. The second-order valence-electron chi connectivity index (χ2n) is 2.38. The molecule has 0 aliphatic carbocycles. The molecule has 76 valence electrons. The zero-order valence-electron chi connectivity index (χ0n) is 7.44. The number of benzene rings is 1. The molecule has 4 nitrogen and oxygen atoms in total. The summed E-state index contributed by atoms with van der Waals surface area (Å²) in [6, 6.07) is 4.88. The predicted molar refractivity (Wildman–Crippen MR) is 63.8 cm³/mol. The van der Waals surface area contributed by atoms with Crippen LogP contribution in [-0.2, 0) is 9.59 Å². The molecule has 0 spiro atoms. The fraction of sp³-hybridized carbons (Fsp3) is 0.111. The van der Waals surface area contributed by atoms with E-state index in [4.69, 9.17) is 0 Å². The summed E-state index contributed by atoms with van der Waals surface area (Å²) < 4.78 is 0. The summed E-state index contributed by atoms with van der Waals surface area (Å²) in [5.41, 5.74) is 1.72. The van der Waals surface area contributed by atoms with E-state index in [0.29, 0.717) is 11.4 Å².